The smallest absolute Gasteiger partial charge is 0.261 e. The molecule has 3 aliphatic carbocycles. The molecular weight excluding hydrogens is 1800 g/mol. The van der Waals surface area contributed by atoms with Gasteiger partial charge in [-0.25, -0.2) is 46.7 Å². The van der Waals surface area contributed by atoms with Crippen LogP contribution >= 0.6 is 0 Å². The standard InChI is InChI=1S/C46H46N4O4.C34H23N3O5S.C33H28N4O5S/c1-26-13-12-14-27(2)40(26)48-36-24-37(54-30-19-17-29(18-20-30)46(7,8)25-45(4,5)6)42-39-38(36)43(52)33-16-11-10-15-32(33)41(39)49-44(50-42)34-22-21-31(53-9)23-35(34)47-28(3)51;1-20-15-17-22(18-16-20)43(40,41)37-26-19-28(42-21-9-3-2-4-10-21)32-30-29(26)33(39)24-12-6-5-11-23(24)31(30)35-34(36-32)25-13-7-8-14-27(25)38;1-33(2,3)42-25-18-24(34-32(39)19-12-6-5-7-13-19)26-27-28(20-14-8-9-15-21(20)30(26)38)35-31(36-29(25)27)22-16-10-11-17-23(22)37-43(4,40)41/h10-24,48H,25H2,1-9H3,(H,47,51);2-19,37-38H,1H3;5-18,37H,1-4H3,(H,34,39). The van der Waals surface area contributed by atoms with Crippen molar-refractivity contribution in [2.75, 3.05) is 38.8 Å². The second-order valence-electron chi connectivity index (χ2n) is 37.4. The Balaban J connectivity index is 0.000000140. The van der Waals surface area contributed by atoms with Crippen LogP contribution in [0.5, 0.6) is 40.2 Å². The van der Waals surface area contributed by atoms with Crippen LogP contribution in [0.1, 0.15) is 149 Å². The van der Waals surface area contributed by atoms with Crippen LogP contribution < -0.4 is 44.3 Å². The molecule has 17 aromatic rings. The summed E-state index contributed by atoms with van der Waals surface area (Å²) in [5, 5.41) is 21.5. The molecule has 0 unspecified atom stereocenters. The van der Waals surface area contributed by atoms with Crippen molar-refractivity contribution in [1.29, 1.82) is 0 Å². The fourth-order valence-corrected chi connectivity index (χ4v) is 19.8. The number of hydrogen-bond acceptors (Lipinski definition) is 21. The number of phenols is 1. The second-order valence-corrected chi connectivity index (χ2v) is 40.8. The van der Waals surface area contributed by atoms with Crippen LogP contribution in [0, 0.1) is 26.2 Å². The molecule has 2 amide bonds. The summed E-state index contributed by atoms with van der Waals surface area (Å²) >= 11 is 0. The first kappa shape index (κ1) is 93.7. The lowest BCUT2D eigenvalue weighted by molar-refractivity contribution is -0.114. The number of aromatic hydroxyl groups is 1. The fourth-order valence-electron chi connectivity index (χ4n) is 18.2. The molecular formula is C113H97N11O14S2. The molecule has 27 heteroatoms. The maximum atomic E-state index is 14.6. The number of nitrogens with one attached hydrogen (secondary N) is 5. The van der Waals surface area contributed by atoms with E-state index in [1.807, 2.05) is 145 Å². The maximum absolute atomic E-state index is 14.6. The number of anilines is 6. The molecule has 700 valence electrons. The zero-order chi connectivity index (χ0) is 98.8. The predicted octanol–water partition coefficient (Wildman–Crippen LogP) is 24.8. The molecule has 3 aromatic heterocycles. The first-order chi connectivity index (χ1) is 66.8. The van der Waals surface area contributed by atoms with E-state index in [0.29, 0.717) is 163 Å². The minimum absolute atomic E-state index is 0.0116. The van der Waals surface area contributed by atoms with Crippen molar-refractivity contribution in [3.8, 4) is 108 Å². The third-order valence-corrected chi connectivity index (χ3v) is 26.0. The molecule has 14 aromatic carbocycles. The lowest BCUT2D eigenvalue weighted by Gasteiger charge is -2.33. The molecule has 0 radical (unpaired) electrons. The van der Waals surface area contributed by atoms with E-state index in [4.69, 9.17) is 48.9 Å². The first-order valence-corrected chi connectivity index (χ1v) is 48.6. The fraction of sp³-hybridized carbons (Fsp3) is 0.159. The van der Waals surface area contributed by atoms with Crippen molar-refractivity contribution >= 4 is 116 Å². The van der Waals surface area contributed by atoms with Gasteiger partial charge in [-0.15, -0.1) is 0 Å². The number of sulfonamides is 2. The van der Waals surface area contributed by atoms with E-state index in [9.17, 15) is 45.9 Å². The van der Waals surface area contributed by atoms with Crippen molar-refractivity contribution < 1.29 is 64.9 Å². The number of aryl methyl sites for hydroxylation is 3. The Labute approximate surface area is 809 Å². The average molecular weight is 1900 g/mol. The summed E-state index contributed by atoms with van der Waals surface area (Å²) in [7, 11) is -6.13. The quantitative estimate of drug-likeness (QED) is 0.0389. The van der Waals surface area contributed by atoms with Gasteiger partial charge >= 0.3 is 0 Å². The monoisotopic (exact) mass is 1900 g/mol. The van der Waals surface area contributed by atoms with Gasteiger partial charge in [0.25, 0.3) is 15.9 Å². The van der Waals surface area contributed by atoms with E-state index in [-0.39, 0.29) is 90.5 Å². The highest BCUT2D eigenvalue weighted by Gasteiger charge is 2.39. The number of para-hydroxylation sites is 4. The van der Waals surface area contributed by atoms with Crippen molar-refractivity contribution in [3.63, 3.8) is 0 Å². The largest absolute Gasteiger partial charge is 0.507 e. The van der Waals surface area contributed by atoms with E-state index in [1.165, 1.54) is 30.7 Å². The van der Waals surface area contributed by atoms with Crippen LogP contribution in [0.2, 0.25) is 0 Å². The van der Waals surface area contributed by atoms with Gasteiger partial charge in [0.15, 0.2) is 46.3 Å². The first-order valence-electron chi connectivity index (χ1n) is 45.2. The van der Waals surface area contributed by atoms with Crippen molar-refractivity contribution in [1.82, 2.24) is 29.9 Å². The molecule has 20 rings (SSSR count). The number of methoxy groups -OCH3 is 1. The number of aromatic nitrogens is 6. The summed E-state index contributed by atoms with van der Waals surface area (Å²) in [6.45, 7) is 24.4. The normalized spacial score (nSPS) is 12.3. The minimum Gasteiger partial charge on any atom is -0.507 e. The van der Waals surface area contributed by atoms with Crippen molar-refractivity contribution in [2.45, 2.75) is 105 Å². The van der Waals surface area contributed by atoms with E-state index in [0.717, 1.165) is 35.1 Å². The van der Waals surface area contributed by atoms with Crippen LogP contribution in [0.25, 0.3) is 101 Å². The van der Waals surface area contributed by atoms with Crippen LogP contribution in [0.4, 0.5) is 34.1 Å². The number of phenolic OH excluding ortho intramolecular Hbond substituents is 1. The molecule has 0 spiro atoms. The Hall–Kier alpha value is -16.7. The molecule has 3 aliphatic rings. The molecule has 0 saturated heterocycles. The number of nitrogens with zero attached hydrogens (tertiary/aromatic N) is 6. The second kappa shape index (κ2) is 37.1. The number of hydrogen-bond donors (Lipinski definition) is 6. The maximum Gasteiger partial charge on any atom is 0.261 e. The van der Waals surface area contributed by atoms with Gasteiger partial charge in [-0.2, -0.15) is 0 Å². The number of fused-ring (bicyclic) bond motifs is 6. The minimum atomic E-state index is -4.10. The summed E-state index contributed by atoms with van der Waals surface area (Å²) in [6.07, 6.45) is 2.09. The average Bonchev–Trinajstić information content (AvgIpc) is 0.723. The summed E-state index contributed by atoms with van der Waals surface area (Å²) in [6, 6.07) is 84.0. The van der Waals surface area contributed by atoms with E-state index < -0.39 is 25.6 Å². The third kappa shape index (κ3) is 19.0. The Kier molecular flexibility index (Phi) is 24.8. The number of carbonyl (C=O) groups excluding carboxylic acids is 5. The highest BCUT2D eigenvalue weighted by atomic mass is 32.2. The molecule has 0 saturated carbocycles. The van der Waals surface area contributed by atoms with E-state index in [1.54, 1.807) is 159 Å². The number of amides is 2. The van der Waals surface area contributed by atoms with E-state index in [2.05, 4.69) is 72.1 Å². The van der Waals surface area contributed by atoms with Gasteiger partial charge in [-0.3, -0.25) is 33.4 Å². The highest BCUT2D eigenvalue weighted by molar-refractivity contribution is 7.92. The lowest BCUT2D eigenvalue weighted by Crippen LogP contribution is -2.24. The summed E-state index contributed by atoms with van der Waals surface area (Å²) in [5.74, 6) is 2.07. The van der Waals surface area contributed by atoms with Crippen LogP contribution in [0.15, 0.2) is 290 Å². The van der Waals surface area contributed by atoms with Crippen molar-refractivity contribution in [3.05, 3.63) is 346 Å². The molecule has 25 nitrogen and oxygen atoms in total. The number of carbonyl (C=O) groups is 5. The Bertz CT molecular complexity index is 8190. The van der Waals surface area contributed by atoms with Gasteiger partial charge in [-0.05, 0) is 160 Å². The van der Waals surface area contributed by atoms with Gasteiger partial charge in [0, 0.05) is 103 Å². The molecule has 6 N–H and O–H groups in total. The van der Waals surface area contributed by atoms with Crippen LogP contribution in [-0.4, -0.2) is 100.0 Å². The number of benzene rings is 14. The summed E-state index contributed by atoms with van der Waals surface area (Å²) in [4.78, 5) is 98.2. The Morgan fingerprint density at radius 3 is 1.33 bits per heavy atom. The number of rotatable bonds is 21. The van der Waals surface area contributed by atoms with Crippen LogP contribution in [-0.2, 0) is 30.3 Å². The lowest BCUT2D eigenvalue weighted by atomic mass is 9.72. The number of ether oxygens (including phenoxy) is 4. The Morgan fingerprint density at radius 2 is 0.829 bits per heavy atom. The SMILES string of the molecule is CC(C)(C)Oc1cc(NC(=O)c2ccccc2)c2c3c(nc(-c4ccccc4NS(C)(=O)=O)nc13)-c1ccccc1C2=O.COc1ccc(-c2nc3c4c(c(Nc5c(C)cccc5C)cc(Oc5ccc(C(C)(C)CC(C)(C)C)cc5)c4n2)C(=O)c2ccccc2-3)c(NC(C)=O)c1.Cc1ccc(S(=O)(=O)Nc2cc(Oc3ccccc3)c3nc(-c4ccccc4O)nc4c3c2C(=O)c2ccccc2-4)cc1. The van der Waals surface area contributed by atoms with Crippen LogP contribution in [0.3, 0.4) is 0 Å². The molecule has 140 heavy (non-hydrogen) atoms. The molecule has 0 bridgehead atoms. The third-order valence-electron chi connectivity index (χ3n) is 24.0. The van der Waals surface area contributed by atoms with Gasteiger partial charge in [0.2, 0.25) is 15.9 Å². The topological polar surface area (TPSA) is 348 Å². The van der Waals surface area contributed by atoms with Gasteiger partial charge < -0.3 is 40.0 Å². The van der Waals surface area contributed by atoms with Gasteiger partial charge in [0.05, 0.1) is 86.0 Å². The Morgan fingerprint density at radius 1 is 0.400 bits per heavy atom. The van der Waals surface area contributed by atoms with Gasteiger partial charge in [0.1, 0.15) is 50.9 Å². The van der Waals surface area contributed by atoms with Crippen molar-refractivity contribution in [2.24, 2.45) is 5.41 Å². The summed E-state index contributed by atoms with van der Waals surface area (Å²) in [5.41, 5.74) is 14.8. The number of ketones is 3. The zero-order valence-electron chi connectivity index (χ0n) is 79.1. The predicted molar refractivity (Wildman–Crippen MR) is 549 cm³/mol. The van der Waals surface area contributed by atoms with E-state index >= 15 is 0 Å². The zero-order valence-corrected chi connectivity index (χ0v) is 80.7. The summed E-state index contributed by atoms with van der Waals surface area (Å²) < 4.78 is 81.7. The molecule has 0 aliphatic heterocycles. The van der Waals surface area contributed by atoms with Gasteiger partial charge in [-0.1, -0.05) is 216 Å². The molecule has 0 atom stereocenters. The molecule has 3 heterocycles. The molecule has 0 fully saturated rings. The highest BCUT2D eigenvalue weighted by Crippen LogP contribution is 2.53.